The molecule has 1 aliphatic heterocycles. The summed E-state index contributed by atoms with van der Waals surface area (Å²) in [5.41, 5.74) is 1.07. The number of fused-ring (bicyclic) bond motifs is 1. The second kappa shape index (κ2) is 4.06. The van der Waals surface area contributed by atoms with E-state index >= 15 is 0 Å². The molecule has 92 valence electrons. The van der Waals surface area contributed by atoms with Gasteiger partial charge < -0.3 is 4.74 Å². The Morgan fingerprint density at radius 3 is 2.65 bits per heavy atom. The van der Waals surface area contributed by atoms with Crippen LogP contribution >= 0.6 is 0 Å². The van der Waals surface area contributed by atoms with Crippen molar-refractivity contribution in [3.8, 4) is 5.88 Å². The molecule has 7 heteroatoms. The molecule has 1 aromatic rings. The second-order valence-corrected chi connectivity index (χ2v) is 6.06. The second-order valence-electron chi connectivity index (χ2n) is 3.88. The Morgan fingerprint density at radius 2 is 2.06 bits per heavy atom. The molecule has 0 bridgehead atoms. The summed E-state index contributed by atoms with van der Waals surface area (Å²) in [4.78, 5) is 19.2. The van der Waals surface area contributed by atoms with Crippen LogP contribution in [-0.2, 0) is 22.0 Å². The van der Waals surface area contributed by atoms with Crippen LogP contribution in [0.2, 0.25) is 0 Å². The summed E-state index contributed by atoms with van der Waals surface area (Å²) in [6.07, 6.45) is 0.302. The van der Waals surface area contributed by atoms with Gasteiger partial charge in [-0.1, -0.05) is 0 Å². The molecule has 0 aromatic carbocycles. The topological polar surface area (TPSA) is 86.2 Å². The molecule has 1 aliphatic rings. The molecule has 0 N–H and O–H groups in total. The molecule has 0 atom stereocenters. The summed E-state index contributed by atoms with van der Waals surface area (Å²) in [6.45, 7) is 1.36. The Hall–Kier alpha value is -1.50. The molecule has 0 saturated heterocycles. The Labute approximate surface area is 99.0 Å². The Bertz CT molecular complexity index is 563. The number of sulfone groups is 1. The predicted octanol–water partition coefficient (Wildman–Crippen LogP) is 0.159. The molecule has 1 aromatic heterocycles. The van der Waals surface area contributed by atoms with Crippen LogP contribution in [0.1, 0.15) is 28.8 Å². The third-order valence-corrected chi connectivity index (χ3v) is 4.13. The van der Waals surface area contributed by atoms with Crippen molar-refractivity contribution in [1.82, 2.24) is 9.97 Å². The zero-order valence-electron chi connectivity index (χ0n) is 9.56. The molecule has 0 unspecified atom stereocenters. The number of rotatable bonds is 2. The number of hydrogen-bond donors (Lipinski definition) is 0. The molecule has 0 radical (unpaired) electrons. The minimum atomic E-state index is -3.11. The first-order valence-electron chi connectivity index (χ1n) is 5.08. The van der Waals surface area contributed by atoms with Gasteiger partial charge in [-0.3, -0.25) is 4.79 Å². The monoisotopic (exact) mass is 256 g/mol. The minimum absolute atomic E-state index is 0.0531. The van der Waals surface area contributed by atoms with Crippen molar-refractivity contribution in [2.45, 2.75) is 19.1 Å². The quantitative estimate of drug-likeness (QED) is 0.700. The zero-order chi connectivity index (χ0) is 12.6. The predicted molar refractivity (Wildman–Crippen MR) is 59.8 cm³/mol. The molecule has 0 aliphatic carbocycles. The van der Waals surface area contributed by atoms with Crippen molar-refractivity contribution in [3.05, 3.63) is 17.1 Å². The van der Waals surface area contributed by atoms with E-state index in [-0.39, 0.29) is 29.0 Å². The van der Waals surface area contributed by atoms with Gasteiger partial charge in [0.05, 0.1) is 29.9 Å². The summed E-state index contributed by atoms with van der Waals surface area (Å²) >= 11 is 0. The first kappa shape index (κ1) is 12.0. The van der Waals surface area contributed by atoms with Crippen LogP contribution in [0.4, 0.5) is 0 Å². The largest absolute Gasteiger partial charge is 0.481 e. The van der Waals surface area contributed by atoms with Crippen LogP contribution in [0.5, 0.6) is 5.88 Å². The van der Waals surface area contributed by atoms with Crippen LogP contribution in [0.15, 0.2) is 0 Å². The number of nitrogens with zero attached hydrogens (tertiary/aromatic N) is 2. The van der Waals surface area contributed by atoms with Crippen molar-refractivity contribution in [1.29, 1.82) is 0 Å². The maximum Gasteiger partial charge on any atom is 0.221 e. The van der Waals surface area contributed by atoms with E-state index in [4.69, 9.17) is 4.74 Å². The van der Waals surface area contributed by atoms with Crippen LogP contribution < -0.4 is 4.74 Å². The highest BCUT2D eigenvalue weighted by Gasteiger charge is 2.27. The molecular formula is C10H12N2O4S. The van der Waals surface area contributed by atoms with Gasteiger partial charge in [-0.05, 0) is 0 Å². The van der Waals surface area contributed by atoms with E-state index in [9.17, 15) is 13.2 Å². The van der Waals surface area contributed by atoms with Gasteiger partial charge in [0, 0.05) is 13.3 Å². The number of ether oxygens (including phenoxy) is 1. The molecular weight excluding hydrogens is 244 g/mol. The fraction of sp³-hybridized carbons (Fsp3) is 0.500. The number of aryl methyl sites for hydroxylation is 1. The van der Waals surface area contributed by atoms with Gasteiger partial charge in [0.1, 0.15) is 0 Å². The average molecular weight is 256 g/mol. The van der Waals surface area contributed by atoms with Gasteiger partial charge in [-0.15, -0.1) is 0 Å². The lowest BCUT2D eigenvalue weighted by molar-refractivity contribution is 0.100. The Balaban J connectivity index is 2.59. The van der Waals surface area contributed by atoms with Crippen LogP contribution in [0.3, 0.4) is 0 Å². The van der Waals surface area contributed by atoms with E-state index in [1.54, 1.807) is 0 Å². The summed E-state index contributed by atoms with van der Waals surface area (Å²) in [5.74, 6) is -0.0795. The number of carbonyl (C=O) groups excluding carboxylic acids is 1. The third-order valence-electron chi connectivity index (χ3n) is 2.58. The maximum absolute atomic E-state index is 11.5. The normalized spacial score (nSPS) is 17.3. The lowest BCUT2D eigenvalue weighted by Gasteiger charge is -2.17. The SMILES string of the molecule is COc1nc(C(C)=O)nc2c1CS(=O)(=O)CC2. The molecule has 0 spiro atoms. The van der Waals surface area contributed by atoms with Crippen molar-refractivity contribution in [2.24, 2.45) is 0 Å². The summed E-state index contributed by atoms with van der Waals surface area (Å²) in [5, 5.41) is 0. The highest BCUT2D eigenvalue weighted by molar-refractivity contribution is 7.90. The Morgan fingerprint density at radius 1 is 1.35 bits per heavy atom. The number of aromatic nitrogens is 2. The standard InChI is InChI=1S/C10H12N2O4S/c1-6(13)9-11-8-3-4-17(14,15)5-7(8)10(12-9)16-2/h3-5H2,1-2H3. The number of carbonyl (C=O) groups is 1. The van der Waals surface area contributed by atoms with E-state index in [1.807, 2.05) is 0 Å². The van der Waals surface area contributed by atoms with Crippen LogP contribution in [0, 0.1) is 0 Å². The zero-order valence-corrected chi connectivity index (χ0v) is 10.4. The first-order chi connectivity index (χ1) is 7.93. The van der Waals surface area contributed by atoms with Gasteiger partial charge >= 0.3 is 0 Å². The van der Waals surface area contributed by atoms with Crippen LogP contribution in [-0.4, -0.2) is 37.0 Å². The number of ketones is 1. The van der Waals surface area contributed by atoms with Crippen molar-refractivity contribution < 1.29 is 17.9 Å². The minimum Gasteiger partial charge on any atom is -0.481 e. The number of hydrogen-bond acceptors (Lipinski definition) is 6. The lowest BCUT2D eigenvalue weighted by Crippen LogP contribution is -2.23. The smallest absolute Gasteiger partial charge is 0.221 e. The van der Waals surface area contributed by atoms with Crippen molar-refractivity contribution in [3.63, 3.8) is 0 Å². The van der Waals surface area contributed by atoms with Gasteiger partial charge in [-0.25, -0.2) is 13.4 Å². The molecule has 2 heterocycles. The van der Waals surface area contributed by atoms with Crippen molar-refractivity contribution >= 4 is 15.6 Å². The van der Waals surface area contributed by atoms with Gasteiger partial charge in [0.2, 0.25) is 5.88 Å². The number of methoxy groups -OCH3 is 1. The highest BCUT2D eigenvalue weighted by Crippen LogP contribution is 2.26. The highest BCUT2D eigenvalue weighted by atomic mass is 32.2. The summed E-state index contributed by atoms with van der Waals surface area (Å²) in [7, 11) is -1.71. The lowest BCUT2D eigenvalue weighted by atomic mass is 10.2. The first-order valence-corrected chi connectivity index (χ1v) is 6.90. The van der Waals surface area contributed by atoms with E-state index in [0.717, 1.165) is 0 Å². The third kappa shape index (κ3) is 2.28. The van der Waals surface area contributed by atoms with Crippen molar-refractivity contribution in [2.75, 3.05) is 12.9 Å². The van der Waals surface area contributed by atoms with E-state index in [2.05, 4.69) is 9.97 Å². The van der Waals surface area contributed by atoms with E-state index in [0.29, 0.717) is 17.7 Å². The number of Topliss-reactive ketones (excluding diaryl/α,β-unsaturated/α-hetero) is 1. The average Bonchev–Trinajstić information content (AvgIpc) is 2.26. The summed E-state index contributed by atoms with van der Waals surface area (Å²) in [6, 6.07) is 0. The molecule has 0 saturated carbocycles. The van der Waals surface area contributed by atoms with Gasteiger partial charge in [-0.2, -0.15) is 4.98 Å². The summed E-state index contributed by atoms with van der Waals surface area (Å²) < 4.78 is 28.1. The maximum atomic E-state index is 11.5. The van der Waals surface area contributed by atoms with E-state index < -0.39 is 9.84 Å². The fourth-order valence-corrected chi connectivity index (χ4v) is 3.11. The van der Waals surface area contributed by atoms with E-state index in [1.165, 1.54) is 14.0 Å². The van der Waals surface area contributed by atoms with Gasteiger partial charge in [0.25, 0.3) is 0 Å². The Kier molecular flexibility index (Phi) is 2.86. The fourth-order valence-electron chi connectivity index (χ4n) is 1.73. The molecule has 6 nitrogen and oxygen atoms in total. The molecule has 17 heavy (non-hydrogen) atoms. The van der Waals surface area contributed by atoms with Crippen LogP contribution in [0.25, 0.3) is 0 Å². The molecule has 2 rings (SSSR count). The molecule has 0 amide bonds. The van der Waals surface area contributed by atoms with Gasteiger partial charge in [0.15, 0.2) is 21.4 Å². The molecule has 0 fully saturated rings.